The van der Waals surface area contributed by atoms with E-state index in [4.69, 9.17) is 10.2 Å². The van der Waals surface area contributed by atoms with Crippen LogP contribution >= 0.6 is 23.2 Å². The standard InChI is InChI=1S/2CH2ClO.Ca/c2*2-1-3;/h2*1H2;/q2*-1;+2. The summed E-state index contributed by atoms with van der Waals surface area (Å²) >= 11 is 8.89. The van der Waals surface area contributed by atoms with Crippen LogP contribution in [-0.4, -0.2) is 49.9 Å². The molecule has 0 saturated carbocycles. The summed E-state index contributed by atoms with van der Waals surface area (Å²) in [4.78, 5) is 0. The van der Waals surface area contributed by atoms with Crippen molar-refractivity contribution in [2.75, 3.05) is 12.1 Å². The van der Waals surface area contributed by atoms with Crippen molar-refractivity contribution < 1.29 is 10.2 Å². The van der Waals surface area contributed by atoms with E-state index in [9.17, 15) is 0 Å². The second-order valence-electron chi connectivity index (χ2n) is 0.218. The van der Waals surface area contributed by atoms with E-state index < -0.39 is 12.1 Å². The predicted molar refractivity (Wildman–Crippen MR) is 27.2 cm³/mol. The monoisotopic (exact) mass is 170 g/mol. The molecule has 0 aliphatic carbocycles. The van der Waals surface area contributed by atoms with Gasteiger partial charge in [-0.05, 0) is 0 Å². The average molecular weight is 171 g/mol. The van der Waals surface area contributed by atoms with E-state index in [1.165, 1.54) is 0 Å². The van der Waals surface area contributed by atoms with E-state index >= 15 is 0 Å². The molecule has 0 aromatic heterocycles. The zero-order chi connectivity index (χ0) is 5.41. The van der Waals surface area contributed by atoms with Gasteiger partial charge in [-0.3, -0.25) is 0 Å². The van der Waals surface area contributed by atoms with Gasteiger partial charge in [0.25, 0.3) is 0 Å². The van der Waals surface area contributed by atoms with Crippen LogP contribution in [0.25, 0.3) is 0 Å². The summed E-state index contributed by atoms with van der Waals surface area (Å²) in [5, 5.41) is 17.4. The fourth-order valence-electron chi connectivity index (χ4n) is 0. The molecular formula is C2H4CaCl2O2. The van der Waals surface area contributed by atoms with Crippen molar-refractivity contribution in [2.24, 2.45) is 0 Å². The molecule has 0 N–H and O–H groups in total. The van der Waals surface area contributed by atoms with Crippen LogP contribution in [0, 0.1) is 0 Å². The van der Waals surface area contributed by atoms with Crippen molar-refractivity contribution in [1.29, 1.82) is 0 Å². The topological polar surface area (TPSA) is 46.1 Å². The molecular weight excluding hydrogens is 167 g/mol. The maximum Gasteiger partial charge on any atom is 2.00 e. The molecule has 7 heavy (non-hydrogen) atoms. The van der Waals surface area contributed by atoms with Crippen LogP contribution in [0.1, 0.15) is 0 Å². The molecule has 0 aliphatic rings. The van der Waals surface area contributed by atoms with Crippen LogP contribution in [-0.2, 0) is 0 Å². The number of alkyl halides is 2. The smallest absolute Gasteiger partial charge is 0.843 e. The maximum atomic E-state index is 8.70. The van der Waals surface area contributed by atoms with Crippen LogP contribution < -0.4 is 10.2 Å². The molecule has 40 valence electrons. The van der Waals surface area contributed by atoms with Crippen LogP contribution in [0.5, 0.6) is 0 Å². The molecule has 0 atom stereocenters. The first kappa shape index (κ1) is 15.9. The Morgan fingerprint density at radius 2 is 1.00 bits per heavy atom. The fraction of sp³-hybridized carbons (Fsp3) is 1.00. The maximum absolute atomic E-state index is 8.70. The zero-order valence-corrected chi connectivity index (χ0v) is 7.41. The number of rotatable bonds is 0. The Balaban J connectivity index is -0.0000000400. The second-order valence-corrected chi connectivity index (χ2v) is 0.655. The molecule has 0 heterocycles. The predicted octanol–water partition coefficient (Wildman–Crippen LogP) is -1.29. The molecule has 0 radical (unpaired) electrons. The minimum Gasteiger partial charge on any atom is -0.843 e. The summed E-state index contributed by atoms with van der Waals surface area (Å²) in [5.41, 5.74) is 0. The first-order valence-electron chi connectivity index (χ1n) is 1.11. The van der Waals surface area contributed by atoms with Crippen molar-refractivity contribution in [3.63, 3.8) is 0 Å². The van der Waals surface area contributed by atoms with Crippen molar-refractivity contribution in [1.82, 2.24) is 0 Å². The summed E-state index contributed by atoms with van der Waals surface area (Å²) < 4.78 is 0. The van der Waals surface area contributed by atoms with E-state index in [0.29, 0.717) is 0 Å². The number of halogens is 2. The SMILES string of the molecule is [Ca+2].[O-]CCl.[O-]CCl. The summed E-state index contributed by atoms with van der Waals surface area (Å²) in [5.74, 6) is 0. The minimum atomic E-state index is -0.528. The summed E-state index contributed by atoms with van der Waals surface area (Å²) in [6, 6.07) is -1.06. The van der Waals surface area contributed by atoms with Crippen molar-refractivity contribution >= 4 is 60.9 Å². The van der Waals surface area contributed by atoms with Gasteiger partial charge in [0.1, 0.15) is 0 Å². The largest absolute Gasteiger partial charge is 2.00 e. The number of hydrogen-bond acceptors (Lipinski definition) is 2. The Morgan fingerprint density at radius 1 is 1.00 bits per heavy atom. The summed E-state index contributed by atoms with van der Waals surface area (Å²) in [6.07, 6.45) is 0. The fourth-order valence-corrected chi connectivity index (χ4v) is 0. The molecule has 0 aromatic rings. The molecule has 2 nitrogen and oxygen atoms in total. The van der Waals surface area contributed by atoms with E-state index in [0.717, 1.165) is 0 Å². The van der Waals surface area contributed by atoms with Crippen molar-refractivity contribution in [3.8, 4) is 0 Å². The normalized spacial score (nSPS) is 5.14. The molecule has 0 amide bonds. The first-order chi connectivity index (χ1) is 2.83. The Bertz CT molecular complexity index is 15.7. The molecule has 0 rings (SSSR count). The van der Waals surface area contributed by atoms with Gasteiger partial charge >= 0.3 is 37.7 Å². The average Bonchev–Trinajstić information content (AvgIpc) is 1.39. The Hall–Kier alpha value is 1.76. The third kappa shape index (κ3) is 83.1. The van der Waals surface area contributed by atoms with Gasteiger partial charge < -0.3 is 10.2 Å². The molecule has 0 fully saturated rings. The van der Waals surface area contributed by atoms with Crippen LogP contribution in [0.4, 0.5) is 0 Å². The molecule has 0 bridgehead atoms. The van der Waals surface area contributed by atoms with Crippen molar-refractivity contribution in [3.05, 3.63) is 0 Å². The van der Waals surface area contributed by atoms with E-state index in [-0.39, 0.29) is 37.7 Å². The summed E-state index contributed by atoms with van der Waals surface area (Å²) in [6.45, 7) is 0. The van der Waals surface area contributed by atoms with Gasteiger partial charge in [-0.1, -0.05) is 12.1 Å². The molecule has 0 spiro atoms. The van der Waals surface area contributed by atoms with E-state index in [1.807, 2.05) is 0 Å². The third-order valence-corrected chi connectivity index (χ3v) is 0. The van der Waals surface area contributed by atoms with Gasteiger partial charge in [0.2, 0.25) is 0 Å². The Morgan fingerprint density at radius 3 is 1.00 bits per heavy atom. The van der Waals surface area contributed by atoms with Gasteiger partial charge in [0, 0.05) is 0 Å². The van der Waals surface area contributed by atoms with E-state index in [2.05, 4.69) is 23.2 Å². The number of hydrogen-bond donors (Lipinski definition) is 0. The summed E-state index contributed by atoms with van der Waals surface area (Å²) in [7, 11) is 0. The van der Waals surface area contributed by atoms with Crippen molar-refractivity contribution in [2.45, 2.75) is 0 Å². The first-order valence-corrected chi connectivity index (χ1v) is 2.18. The van der Waals surface area contributed by atoms with Gasteiger partial charge in [-0.25, -0.2) is 0 Å². The second kappa shape index (κ2) is 25.1. The molecule has 0 unspecified atom stereocenters. The van der Waals surface area contributed by atoms with Gasteiger partial charge in [-0.2, -0.15) is 0 Å². The van der Waals surface area contributed by atoms with Crippen LogP contribution in [0.3, 0.4) is 0 Å². The Labute approximate surface area is 82.4 Å². The quantitative estimate of drug-likeness (QED) is 0.336. The minimum absolute atomic E-state index is 0. The van der Waals surface area contributed by atoms with Crippen LogP contribution in [0.15, 0.2) is 0 Å². The van der Waals surface area contributed by atoms with Gasteiger partial charge in [0.15, 0.2) is 0 Å². The Kier molecular flexibility index (Phi) is 57.0. The van der Waals surface area contributed by atoms with Gasteiger partial charge in [0.05, 0.1) is 0 Å². The molecule has 5 heteroatoms. The van der Waals surface area contributed by atoms with E-state index in [1.54, 1.807) is 0 Å². The molecule has 0 aromatic carbocycles. The third-order valence-electron chi connectivity index (χ3n) is 0. The molecule has 0 saturated heterocycles. The van der Waals surface area contributed by atoms with Gasteiger partial charge in [-0.15, -0.1) is 23.2 Å². The van der Waals surface area contributed by atoms with Crippen LogP contribution in [0.2, 0.25) is 0 Å². The molecule has 0 aliphatic heterocycles. The zero-order valence-electron chi connectivity index (χ0n) is 3.69.